The van der Waals surface area contributed by atoms with Gasteiger partial charge in [-0.05, 0) is 49.4 Å². The Morgan fingerprint density at radius 3 is 2.40 bits per heavy atom. The number of hydrogen-bond acceptors (Lipinski definition) is 4. The fourth-order valence-corrected chi connectivity index (χ4v) is 5.50. The molecule has 2 aromatic heterocycles. The van der Waals surface area contributed by atoms with E-state index < -0.39 is 6.04 Å². The number of benzene rings is 1. The van der Waals surface area contributed by atoms with E-state index in [-0.39, 0.29) is 17.7 Å². The fourth-order valence-electron chi connectivity index (χ4n) is 5.50. The Hall–Kier alpha value is -3.42. The summed E-state index contributed by atoms with van der Waals surface area (Å²) < 4.78 is 1.53. The SMILES string of the molecule is CCC(C1CCCCC1)[C@H](NC(=O)c1ccnn1C)C(=O)Nc1ccc(-c2c(C)n[nH]c2C)cc1. The highest BCUT2D eigenvalue weighted by molar-refractivity contribution is 6.00. The molecular weight excluding hydrogens is 440 g/mol. The van der Waals surface area contributed by atoms with E-state index in [1.807, 2.05) is 38.1 Å². The molecule has 1 fully saturated rings. The molecule has 3 aromatic rings. The van der Waals surface area contributed by atoms with Gasteiger partial charge in [-0.25, -0.2) is 0 Å². The lowest BCUT2D eigenvalue weighted by Gasteiger charge is -2.35. The molecule has 8 heteroatoms. The van der Waals surface area contributed by atoms with Crippen molar-refractivity contribution in [1.29, 1.82) is 0 Å². The number of anilines is 1. The maximum absolute atomic E-state index is 13.6. The van der Waals surface area contributed by atoms with Gasteiger partial charge < -0.3 is 10.6 Å². The van der Waals surface area contributed by atoms with Crippen molar-refractivity contribution in [2.45, 2.75) is 65.3 Å². The third kappa shape index (κ3) is 5.47. The number of carbonyl (C=O) groups is 2. The van der Waals surface area contributed by atoms with Crippen LogP contribution < -0.4 is 10.6 Å². The molecule has 2 heterocycles. The van der Waals surface area contributed by atoms with Crippen molar-refractivity contribution in [3.8, 4) is 11.1 Å². The van der Waals surface area contributed by atoms with Gasteiger partial charge in [-0.1, -0.05) is 57.6 Å². The largest absolute Gasteiger partial charge is 0.339 e. The van der Waals surface area contributed by atoms with Gasteiger partial charge in [0.1, 0.15) is 11.7 Å². The van der Waals surface area contributed by atoms with Crippen molar-refractivity contribution < 1.29 is 9.59 Å². The van der Waals surface area contributed by atoms with Crippen LogP contribution >= 0.6 is 0 Å². The molecule has 8 nitrogen and oxygen atoms in total. The van der Waals surface area contributed by atoms with E-state index in [0.29, 0.717) is 17.3 Å². The smallest absolute Gasteiger partial charge is 0.270 e. The molecule has 1 unspecified atom stereocenters. The summed E-state index contributed by atoms with van der Waals surface area (Å²) in [6.45, 7) is 6.08. The maximum Gasteiger partial charge on any atom is 0.270 e. The third-order valence-electron chi connectivity index (χ3n) is 7.35. The summed E-state index contributed by atoms with van der Waals surface area (Å²) >= 11 is 0. The minimum atomic E-state index is -0.622. The van der Waals surface area contributed by atoms with Crippen LogP contribution in [0, 0.1) is 25.7 Å². The summed E-state index contributed by atoms with van der Waals surface area (Å²) in [5.41, 5.74) is 5.22. The first-order chi connectivity index (χ1) is 16.9. The van der Waals surface area contributed by atoms with Crippen LogP contribution in [0.3, 0.4) is 0 Å². The van der Waals surface area contributed by atoms with E-state index in [0.717, 1.165) is 41.8 Å². The van der Waals surface area contributed by atoms with Crippen LogP contribution in [-0.4, -0.2) is 37.8 Å². The van der Waals surface area contributed by atoms with Crippen LogP contribution in [-0.2, 0) is 11.8 Å². The lowest BCUT2D eigenvalue weighted by atomic mass is 9.75. The Bertz CT molecular complexity index is 1140. The van der Waals surface area contributed by atoms with E-state index in [1.165, 1.54) is 23.9 Å². The average Bonchev–Trinajstić information content (AvgIpc) is 3.44. The highest BCUT2D eigenvalue weighted by Crippen LogP contribution is 2.34. The maximum atomic E-state index is 13.6. The first-order valence-corrected chi connectivity index (χ1v) is 12.6. The molecule has 1 aromatic carbocycles. The van der Waals surface area contributed by atoms with Crippen LogP contribution in [0.2, 0.25) is 0 Å². The standard InChI is InChI=1S/C27H36N6O2/c1-5-22(19-9-7-6-8-10-19)25(30-26(34)23-15-16-28-33(23)4)27(35)29-21-13-11-20(12-14-21)24-17(2)31-32-18(24)3/h11-16,19,22,25H,5-10H2,1-4H3,(H,29,35)(H,30,34)(H,31,32)/t22?,25-/m0/s1. The van der Waals surface area contributed by atoms with Gasteiger partial charge in [0, 0.05) is 30.2 Å². The van der Waals surface area contributed by atoms with Gasteiger partial charge in [0.25, 0.3) is 5.91 Å². The van der Waals surface area contributed by atoms with Crippen molar-refractivity contribution in [3.63, 3.8) is 0 Å². The molecule has 1 aliphatic carbocycles. The number of H-pyrrole nitrogens is 1. The number of aryl methyl sites for hydroxylation is 3. The molecular formula is C27H36N6O2. The highest BCUT2D eigenvalue weighted by atomic mass is 16.2. The normalized spacial score (nSPS) is 16.0. The number of hydrogen-bond donors (Lipinski definition) is 3. The van der Waals surface area contributed by atoms with Crippen molar-refractivity contribution in [1.82, 2.24) is 25.3 Å². The molecule has 35 heavy (non-hydrogen) atoms. The molecule has 0 aliphatic heterocycles. The minimum Gasteiger partial charge on any atom is -0.339 e. The number of carbonyl (C=O) groups excluding carboxylic acids is 2. The lowest BCUT2D eigenvalue weighted by Crippen LogP contribution is -2.51. The Morgan fingerprint density at radius 2 is 1.83 bits per heavy atom. The summed E-state index contributed by atoms with van der Waals surface area (Å²) in [4.78, 5) is 26.7. The molecule has 0 saturated heterocycles. The number of amides is 2. The second-order valence-corrected chi connectivity index (χ2v) is 9.64. The highest BCUT2D eigenvalue weighted by Gasteiger charge is 2.35. The van der Waals surface area contributed by atoms with Crippen molar-refractivity contribution >= 4 is 17.5 Å². The number of nitrogens with one attached hydrogen (secondary N) is 3. The predicted octanol–water partition coefficient (Wildman–Crippen LogP) is 4.77. The van der Waals surface area contributed by atoms with Gasteiger partial charge in [-0.2, -0.15) is 10.2 Å². The van der Waals surface area contributed by atoms with Crippen LogP contribution in [0.4, 0.5) is 5.69 Å². The Kier molecular flexibility index (Phi) is 7.68. The van der Waals surface area contributed by atoms with Crippen LogP contribution in [0.5, 0.6) is 0 Å². The van der Waals surface area contributed by atoms with Gasteiger partial charge in [0.15, 0.2) is 0 Å². The third-order valence-corrected chi connectivity index (χ3v) is 7.35. The van der Waals surface area contributed by atoms with Gasteiger partial charge >= 0.3 is 0 Å². The zero-order chi connectivity index (χ0) is 24.9. The summed E-state index contributed by atoms with van der Waals surface area (Å²) in [6.07, 6.45) is 8.22. The summed E-state index contributed by atoms with van der Waals surface area (Å²) in [5, 5.41) is 17.5. The van der Waals surface area contributed by atoms with Gasteiger partial charge in [0.05, 0.1) is 5.69 Å². The number of aromatic nitrogens is 4. The molecule has 0 radical (unpaired) electrons. The molecule has 2 amide bonds. The van der Waals surface area contributed by atoms with Crippen molar-refractivity contribution in [2.24, 2.45) is 18.9 Å². The molecule has 186 valence electrons. The van der Waals surface area contributed by atoms with Crippen molar-refractivity contribution in [3.05, 3.63) is 53.6 Å². The van der Waals surface area contributed by atoms with E-state index in [1.54, 1.807) is 19.3 Å². The van der Waals surface area contributed by atoms with E-state index in [9.17, 15) is 9.59 Å². The molecule has 3 N–H and O–H groups in total. The summed E-state index contributed by atoms with van der Waals surface area (Å²) in [5.74, 6) is 0.0377. The quantitative estimate of drug-likeness (QED) is 0.435. The minimum absolute atomic E-state index is 0.0722. The molecule has 1 aliphatic rings. The zero-order valence-electron chi connectivity index (χ0n) is 21.1. The number of rotatable bonds is 8. The van der Waals surface area contributed by atoms with Crippen LogP contribution in [0.15, 0.2) is 36.5 Å². The Balaban J connectivity index is 1.55. The molecule has 0 bridgehead atoms. The number of aromatic amines is 1. The Morgan fingerprint density at radius 1 is 1.11 bits per heavy atom. The van der Waals surface area contributed by atoms with Gasteiger partial charge in [-0.15, -0.1) is 0 Å². The predicted molar refractivity (Wildman–Crippen MR) is 137 cm³/mol. The van der Waals surface area contributed by atoms with Crippen LogP contribution in [0.1, 0.15) is 67.3 Å². The van der Waals surface area contributed by atoms with E-state index >= 15 is 0 Å². The molecule has 0 spiro atoms. The molecule has 1 saturated carbocycles. The summed E-state index contributed by atoms with van der Waals surface area (Å²) in [6, 6.07) is 8.83. The summed E-state index contributed by atoms with van der Waals surface area (Å²) in [7, 11) is 1.73. The van der Waals surface area contributed by atoms with Crippen molar-refractivity contribution in [2.75, 3.05) is 5.32 Å². The molecule has 2 atom stereocenters. The first-order valence-electron chi connectivity index (χ1n) is 12.6. The van der Waals surface area contributed by atoms with Gasteiger partial charge in [-0.3, -0.25) is 19.4 Å². The second kappa shape index (κ2) is 10.9. The molecule has 4 rings (SSSR count). The topological polar surface area (TPSA) is 105 Å². The lowest BCUT2D eigenvalue weighted by molar-refractivity contribution is -0.120. The average molecular weight is 477 g/mol. The Labute approximate surface area is 206 Å². The first kappa shape index (κ1) is 24.7. The second-order valence-electron chi connectivity index (χ2n) is 9.64. The number of nitrogens with zero attached hydrogens (tertiary/aromatic N) is 3. The van der Waals surface area contributed by atoms with E-state index in [2.05, 4.69) is 32.9 Å². The fraction of sp³-hybridized carbons (Fsp3) is 0.481. The monoisotopic (exact) mass is 476 g/mol. The zero-order valence-corrected chi connectivity index (χ0v) is 21.1. The van der Waals surface area contributed by atoms with Gasteiger partial charge in [0.2, 0.25) is 5.91 Å². The van der Waals surface area contributed by atoms with Crippen LogP contribution in [0.25, 0.3) is 11.1 Å². The van der Waals surface area contributed by atoms with E-state index in [4.69, 9.17) is 0 Å².